The number of nitrogens with zero attached hydrogens (tertiary/aromatic N) is 2. The van der Waals surface area contributed by atoms with Gasteiger partial charge in [0.25, 0.3) is 0 Å². The summed E-state index contributed by atoms with van der Waals surface area (Å²) in [5.74, 6) is 0.855. The molecule has 0 saturated carbocycles. The van der Waals surface area contributed by atoms with Gasteiger partial charge in [-0.2, -0.15) is 0 Å². The average molecular weight is 214 g/mol. The molecule has 0 unspecified atom stereocenters. The van der Waals surface area contributed by atoms with E-state index in [9.17, 15) is 4.79 Å². The van der Waals surface area contributed by atoms with E-state index in [1.165, 1.54) is 0 Å². The Labute approximate surface area is 94.7 Å². The lowest BCUT2D eigenvalue weighted by Crippen LogP contribution is -1.99. The van der Waals surface area contributed by atoms with Crippen LogP contribution in [-0.4, -0.2) is 15.8 Å². The fraction of sp³-hybridized carbons (Fsp3) is 0.231. The predicted octanol–water partition coefficient (Wildman–Crippen LogP) is 2.69. The van der Waals surface area contributed by atoms with Crippen LogP contribution in [0.2, 0.25) is 0 Å². The standard InChI is InChI=1S/C13H14N2O/c1-3-15-7-6-14-13(15)12-8-10(2)4-5-11(12)9-16/h4-9H,3H2,1-2H3. The summed E-state index contributed by atoms with van der Waals surface area (Å²) in [5, 5.41) is 0. The van der Waals surface area contributed by atoms with Gasteiger partial charge in [-0.1, -0.05) is 17.7 Å². The number of rotatable bonds is 3. The topological polar surface area (TPSA) is 34.9 Å². The number of benzene rings is 1. The molecular formula is C13H14N2O. The molecule has 2 aromatic rings. The van der Waals surface area contributed by atoms with E-state index in [0.717, 1.165) is 29.8 Å². The second kappa shape index (κ2) is 4.31. The van der Waals surface area contributed by atoms with Gasteiger partial charge in [0.05, 0.1) is 0 Å². The Balaban J connectivity index is 2.62. The summed E-state index contributed by atoms with van der Waals surface area (Å²) in [6, 6.07) is 5.77. The quantitative estimate of drug-likeness (QED) is 0.736. The molecule has 0 fully saturated rings. The maximum absolute atomic E-state index is 11.0. The van der Waals surface area contributed by atoms with Crippen molar-refractivity contribution in [2.24, 2.45) is 0 Å². The number of carbonyl (C=O) groups excluding carboxylic acids is 1. The number of aryl methyl sites for hydroxylation is 2. The number of aldehydes is 1. The Bertz CT molecular complexity index is 514. The van der Waals surface area contributed by atoms with E-state index in [1.807, 2.05) is 35.9 Å². The lowest BCUT2D eigenvalue weighted by Gasteiger charge is -2.08. The molecule has 82 valence electrons. The lowest BCUT2D eigenvalue weighted by molar-refractivity contribution is 0.112. The molecule has 0 radical (unpaired) electrons. The molecule has 0 saturated heterocycles. The van der Waals surface area contributed by atoms with Crippen LogP contribution in [-0.2, 0) is 6.54 Å². The Kier molecular flexibility index (Phi) is 2.86. The van der Waals surface area contributed by atoms with Crippen LogP contribution >= 0.6 is 0 Å². The minimum Gasteiger partial charge on any atom is -0.331 e. The molecule has 0 amide bonds. The van der Waals surface area contributed by atoms with Crippen LogP contribution in [0.5, 0.6) is 0 Å². The van der Waals surface area contributed by atoms with Crippen molar-refractivity contribution in [3.63, 3.8) is 0 Å². The average Bonchev–Trinajstić information content (AvgIpc) is 2.76. The van der Waals surface area contributed by atoms with E-state index >= 15 is 0 Å². The van der Waals surface area contributed by atoms with Crippen molar-refractivity contribution in [2.45, 2.75) is 20.4 Å². The number of imidazole rings is 1. The van der Waals surface area contributed by atoms with Gasteiger partial charge in [-0.3, -0.25) is 4.79 Å². The van der Waals surface area contributed by atoms with E-state index in [2.05, 4.69) is 11.9 Å². The Morgan fingerprint density at radius 3 is 2.94 bits per heavy atom. The minimum absolute atomic E-state index is 0.687. The number of hydrogen-bond donors (Lipinski definition) is 0. The summed E-state index contributed by atoms with van der Waals surface area (Å²) in [6.45, 7) is 4.92. The Morgan fingerprint density at radius 2 is 2.25 bits per heavy atom. The molecule has 0 bridgehead atoms. The fourth-order valence-electron chi connectivity index (χ4n) is 1.78. The van der Waals surface area contributed by atoms with E-state index < -0.39 is 0 Å². The van der Waals surface area contributed by atoms with Gasteiger partial charge in [-0.25, -0.2) is 4.98 Å². The molecule has 0 aliphatic heterocycles. The van der Waals surface area contributed by atoms with Gasteiger partial charge >= 0.3 is 0 Å². The van der Waals surface area contributed by atoms with Crippen molar-refractivity contribution in [2.75, 3.05) is 0 Å². The first-order valence-corrected chi connectivity index (χ1v) is 5.33. The third-order valence-electron chi connectivity index (χ3n) is 2.63. The first-order chi connectivity index (χ1) is 7.76. The van der Waals surface area contributed by atoms with Crippen LogP contribution in [0.15, 0.2) is 30.6 Å². The monoisotopic (exact) mass is 214 g/mol. The Hall–Kier alpha value is -1.90. The summed E-state index contributed by atoms with van der Waals surface area (Å²) >= 11 is 0. The van der Waals surface area contributed by atoms with Gasteiger partial charge in [0.15, 0.2) is 6.29 Å². The summed E-state index contributed by atoms with van der Waals surface area (Å²) in [7, 11) is 0. The van der Waals surface area contributed by atoms with Gasteiger partial charge < -0.3 is 4.57 Å². The normalized spacial score (nSPS) is 10.4. The molecule has 1 aromatic heterocycles. The molecule has 2 rings (SSSR count). The molecule has 0 spiro atoms. The van der Waals surface area contributed by atoms with Crippen LogP contribution < -0.4 is 0 Å². The van der Waals surface area contributed by atoms with Crippen LogP contribution in [0, 0.1) is 6.92 Å². The summed E-state index contributed by atoms with van der Waals surface area (Å²) in [4.78, 5) is 15.3. The molecule has 16 heavy (non-hydrogen) atoms. The van der Waals surface area contributed by atoms with Gasteiger partial charge in [0, 0.05) is 30.1 Å². The summed E-state index contributed by atoms with van der Waals surface area (Å²) < 4.78 is 2.03. The summed E-state index contributed by atoms with van der Waals surface area (Å²) in [5.41, 5.74) is 2.72. The van der Waals surface area contributed by atoms with E-state index in [-0.39, 0.29) is 0 Å². The molecule has 0 aliphatic rings. The largest absolute Gasteiger partial charge is 0.331 e. The van der Waals surface area contributed by atoms with Crippen molar-refractivity contribution in [3.05, 3.63) is 41.7 Å². The number of carbonyl (C=O) groups is 1. The molecule has 3 nitrogen and oxygen atoms in total. The minimum atomic E-state index is 0.687. The molecular weight excluding hydrogens is 200 g/mol. The second-order valence-corrected chi connectivity index (χ2v) is 3.75. The summed E-state index contributed by atoms with van der Waals surface area (Å²) in [6.07, 6.45) is 4.56. The van der Waals surface area contributed by atoms with Crippen molar-refractivity contribution in [1.82, 2.24) is 9.55 Å². The highest BCUT2D eigenvalue weighted by atomic mass is 16.1. The highest BCUT2D eigenvalue weighted by Gasteiger charge is 2.09. The molecule has 1 aromatic carbocycles. The predicted molar refractivity (Wildman–Crippen MR) is 63.5 cm³/mol. The first kappa shape index (κ1) is 10.6. The maximum Gasteiger partial charge on any atom is 0.150 e. The van der Waals surface area contributed by atoms with Gasteiger partial charge in [-0.05, 0) is 19.9 Å². The fourth-order valence-corrected chi connectivity index (χ4v) is 1.78. The molecule has 3 heteroatoms. The van der Waals surface area contributed by atoms with E-state index in [4.69, 9.17) is 0 Å². The Morgan fingerprint density at radius 1 is 1.44 bits per heavy atom. The van der Waals surface area contributed by atoms with Crippen molar-refractivity contribution >= 4 is 6.29 Å². The highest BCUT2D eigenvalue weighted by Crippen LogP contribution is 2.22. The van der Waals surface area contributed by atoms with Crippen LogP contribution in [0.1, 0.15) is 22.8 Å². The van der Waals surface area contributed by atoms with E-state index in [0.29, 0.717) is 5.56 Å². The highest BCUT2D eigenvalue weighted by molar-refractivity contribution is 5.86. The first-order valence-electron chi connectivity index (χ1n) is 5.33. The molecule has 0 atom stereocenters. The molecule has 0 aliphatic carbocycles. The van der Waals surface area contributed by atoms with Crippen molar-refractivity contribution in [1.29, 1.82) is 0 Å². The molecule has 1 heterocycles. The third kappa shape index (κ3) is 1.76. The van der Waals surface area contributed by atoms with Crippen molar-refractivity contribution < 1.29 is 4.79 Å². The van der Waals surface area contributed by atoms with Gasteiger partial charge in [0.1, 0.15) is 5.82 Å². The third-order valence-corrected chi connectivity index (χ3v) is 2.63. The van der Waals surface area contributed by atoms with Crippen LogP contribution in [0.4, 0.5) is 0 Å². The maximum atomic E-state index is 11.0. The zero-order valence-electron chi connectivity index (χ0n) is 9.47. The molecule has 0 N–H and O–H groups in total. The van der Waals surface area contributed by atoms with E-state index in [1.54, 1.807) is 6.20 Å². The van der Waals surface area contributed by atoms with Crippen LogP contribution in [0.25, 0.3) is 11.4 Å². The van der Waals surface area contributed by atoms with Gasteiger partial charge in [0.2, 0.25) is 0 Å². The van der Waals surface area contributed by atoms with Crippen LogP contribution in [0.3, 0.4) is 0 Å². The number of aromatic nitrogens is 2. The second-order valence-electron chi connectivity index (χ2n) is 3.75. The zero-order chi connectivity index (χ0) is 11.5. The number of hydrogen-bond acceptors (Lipinski definition) is 2. The smallest absolute Gasteiger partial charge is 0.150 e. The lowest BCUT2D eigenvalue weighted by atomic mass is 10.0. The van der Waals surface area contributed by atoms with Crippen molar-refractivity contribution in [3.8, 4) is 11.4 Å². The van der Waals surface area contributed by atoms with Gasteiger partial charge in [-0.15, -0.1) is 0 Å². The SMILES string of the molecule is CCn1ccnc1-c1cc(C)ccc1C=O. The zero-order valence-corrected chi connectivity index (χ0v) is 9.47.